The first-order valence-corrected chi connectivity index (χ1v) is 9.97. The Balaban J connectivity index is 1.73. The molecule has 0 aliphatic carbocycles. The van der Waals surface area contributed by atoms with Gasteiger partial charge in [0.25, 0.3) is 0 Å². The van der Waals surface area contributed by atoms with Gasteiger partial charge in [-0.3, -0.25) is 4.79 Å². The van der Waals surface area contributed by atoms with Crippen LogP contribution in [0.4, 0.5) is 17.1 Å². The van der Waals surface area contributed by atoms with Crippen molar-refractivity contribution >= 4 is 40.5 Å². The lowest BCUT2D eigenvalue weighted by Gasteiger charge is -2.37. The van der Waals surface area contributed by atoms with Crippen molar-refractivity contribution in [1.82, 2.24) is 0 Å². The van der Waals surface area contributed by atoms with Gasteiger partial charge in [0.05, 0.1) is 11.3 Å². The number of benzene rings is 2. The molecule has 0 spiro atoms. The molecule has 2 aromatic rings. The molecule has 6 nitrogen and oxygen atoms in total. The fourth-order valence-corrected chi connectivity index (χ4v) is 3.33. The van der Waals surface area contributed by atoms with Crippen LogP contribution in [-0.2, 0) is 4.79 Å². The van der Waals surface area contributed by atoms with Crippen molar-refractivity contribution in [3.8, 4) is 0 Å². The molecular weight excluding hydrogens is 390 g/mol. The van der Waals surface area contributed by atoms with E-state index in [1.54, 1.807) is 32.9 Å². The molecule has 1 fully saturated rings. The summed E-state index contributed by atoms with van der Waals surface area (Å²) in [4.78, 5) is 28.5. The van der Waals surface area contributed by atoms with Gasteiger partial charge < -0.3 is 20.2 Å². The van der Waals surface area contributed by atoms with Crippen LogP contribution in [0.1, 0.15) is 31.1 Å². The van der Waals surface area contributed by atoms with E-state index >= 15 is 0 Å². The summed E-state index contributed by atoms with van der Waals surface area (Å²) >= 11 is 5.96. The maximum atomic E-state index is 12.3. The molecule has 0 atom stereocenters. The fourth-order valence-electron chi connectivity index (χ4n) is 3.20. The van der Waals surface area contributed by atoms with Gasteiger partial charge in [-0.05, 0) is 42.5 Å². The minimum Gasteiger partial charge on any atom is -0.478 e. The molecule has 1 aliphatic rings. The molecule has 1 aliphatic heterocycles. The highest BCUT2D eigenvalue weighted by molar-refractivity contribution is 6.30. The Morgan fingerprint density at radius 3 is 1.97 bits per heavy atom. The number of carbonyl (C=O) groups is 2. The number of halogens is 1. The third-order valence-corrected chi connectivity index (χ3v) is 5.25. The summed E-state index contributed by atoms with van der Waals surface area (Å²) in [6.07, 6.45) is 0. The average Bonchev–Trinajstić information content (AvgIpc) is 2.68. The van der Waals surface area contributed by atoms with E-state index in [9.17, 15) is 14.7 Å². The SMILES string of the molecule is CC(C)(C)C(=O)Nc1ccc(N2CCN(c3ccc(Cl)cc3)CC2)cc1C(=O)O. The van der Waals surface area contributed by atoms with Gasteiger partial charge >= 0.3 is 5.97 Å². The number of piperazine rings is 1. The average molecular weight is 416 g/mol. The summed E-state index contributed by atoms with van der Waals surface area (Å²) in [6.45, 7) is 8.57. The smallest absolute Gasteiger partial charge is 0.337 e. The lowest BCUT2D eigenvalue weighted by atomic mass is 9.95. The molecule has 7 heteroatoms. The summed E-state index contributed by atoms with van der Waals surface area (Å²) in [5.74, 6) is -1.28. The van der Waals surface area contributed by atoms with Crippen LogP contribution in [0.5, 0.6) is 0 Å². The van der Waals surface area contributed by atoms with Crippen molar-refractivity contribution in [1.29, 1.82) is 0 Å². The third kappa shape index (κ3) is 5.01. The van der Waals surface area contributed by atoms with Crippen molar-refractivity contribution in [3.63, 3.8) is 0 Å². The van der Waals surface area contributed by atoms with Gasteiger partial charge in [-0.2, -0.15) is 0 Å². The molecule has 1 saturated heterocycles. The van der Waals surface area contributed by atoms with Gasteiger partial charge in [-0.15, -0.1) is 0 Å². The summed E-state index contributed by atoms with van der Waals surface area (Å²) < 4.78 is 0. The molecule has 1 heterocycles. The number of nitrogens with zero attached hydrogens (tertiary/aromatic N) is 2. The molecule has 154 valence electrons. The third-order valence-electron chi connectivity index (χ3n) is 5.00. The van der Waals surface area contributed by atoms with Gasteiger partial charge in [0.15, 0.2) is 0 Å². The van der Waals surface area contributed by atoms with Gasteiger partial charge in [-0.25, -0.2) is 4.79 Å². The van der Waals surface area contributed by atoms with Crippen LogP contribution in [-0.4, -0.2) is 43.2 Å². The molecule has 0 bridgehead atoms. The lowest BCUT2D eigenvalue weighted by molar-refractivity contribution is -0.123. The molecule has 3 rings (SSSR count). The van der Waals surface area contributed by atoms with Crippen LogP contribution in [0.15, 0.2) is 42.5 Å². The monoisotopic (exact) mass is 415 g/mol. The predicted molar refractivity (Wildman–Crippen MR) is 117 cm³/mol. The number of nitrogens with one attached hydrogen (secondary N) is 1. The van der Waals surface area contributed by atoms with Crippen molar-refractivity contribution in [2.45, 2.75) is 20.8 Å². The predicted octanol–water partition coefficient (Wildman–Crippen LogP) is 4.35. The number of hydrogen-bond donors (Lipinski definition) is 2. The molecule has 0 radical (unpaired) electrons. The van der Waals surface area contributed by atoms with Crippen LogP contribution >= 0.6 is 11.6 Å². The maximum absolute atomic E-state index is 12.3. The second-order valence-corrected chi connectivity index (χ2v) is 8.63. The maximum Gasteiger partial charge on any atom is 0.337 e. The summed E-state index contributed by atoms with van der Waals surface area (Å²) in [5, 5.41) is 13.1. The minimum atomic E-state index is -1.06. The first-order valence-electron chi connectivity index (χ1n) is 9.59. The van der Waals surface area contributed by atoms with Gasteiger partial charge in [-0.1, -0.05) is 32.4 Å². The van der Waals surface area contributed by atoms with E-state index in [0.717, 1.165) is 37.6 Å². The Hall–Kier alpha value is -2.73. The highest BCUT2D eigenvalue weighted by atomic mass is 35.5. The lowest BCUT2D eigenvalue weighted by Crippen LogP contribution is -2.46. The van der Waals surface area contributed by atoms with Crippen LogP contribution in [0, 0.1) is 5.41 Å². The van der Waals surface area contributed by atoms with E-state index in [2.05, 4.69) is 15.1 Å². The van der Waals surface area contributed by atoms with Crippen LogP contribution in [0.25, 0.3) is 0 Å². The molecule has 1 amide bonds. The van der Waals surface area contributed by atoms with Gasteiger partial charge in [0.2, 0.25) is 5.91 Å². The minimum absolute atomic E-state index is 0.0974. The summed E-state index contributed by atoms with van der Waals surface area (Å²) in [6, 6.07) is 13.0. The number of anilines is 3. The first kappa shape index (κ1) is 21.0. The number of hydrogen-bond acceptors (Lipinski definition) is 4. The zero-order chi connectivity index (χ0) is 21.2. The normalized spacial score (nSPS) is 14.6. The van der Waals surface area contributed by atoms with Crippen molar-refractivity contribution in [3.05, 3.63) is 53.1 Å². The van der Waals surface area contributed by atoms with Gasteiger partial charge in [0.1, 0.15) is 0 Å². The molecule has 2 N–H and O–H groups in total. The number of amides is 1. The Morgan fingerprint density at radius 2 is 1.45 bits per heavy atom. The number of carboxylic acids is 1. The standard InChI is InChI=1S/C22H26ClN3O3/c1-22(2,3)21(29)24-19-9-8-17(14-18(19)20(27)28)26-12-10-25(11-13-26)16-6-4-15(23)5-7-16/h4-9,14H,10-13H2,1-3H3,(H,24,29)(H,27,28). The molecule has 2 aromatic carbocycles. The fraction of sp³-hybridized carbons (Fsp3) is 0.364. The largest absolute Gasteiger partial charge is 0.478 e. The second kappa shape index (κ2) is 8.33. The van der Waals surface area contributed by atoms with E-state index in [1.165, 1.54) is 0 Å². The molecular formula is C22H26ClN3O3. The highest BCUT2D eigenvalue weighted by Gasteiger charge is 2.24. The van der Waals surface area contributed by atoms with Gasteiger partial charge in [0, 0.05) is 48.0 Å². The van der Waals surface area contributed by atoms with E-state index in [-0.39, 0.29) is 11.5 Å². The van der Waals surface area contributed by atoms with E-state index < -0.39 is 11.4 Å². The Kier molecular flexibility index (Phi) is 6.03. The molecule has 29 heavy (non-hydrogen) atoms. The topological polar surface area (TPSA) is 72.9 Å². The quantitative estimate of drug-likeness (QED) is 0.776. The van der Waals surface area contributed by atoms with Crippen LogP contribution in [0.3, 0.4) is 0 Å². The van der Waals surface area contributed by atoms with E-state index in [1.807, 2.05) is 30.3 Å². The van der Waals surface area contributed by atoms with Crippen molar-refractivity contribution in [2.75, 3.05) is 41.3 Å². The van der Waals surface area contributed by atoms with Crippen molar-refractivity contribution < 1.29 is 14.7 Å². The first-order chi connectivity index (χ1) is 13.6. The van der Waals surface area contributed by atoms with E-state index in [4.69, 9.17) is 11.6 Å². The number of carbonyl (C=O) groups excluding carboxylic acids is 1. The highest BCUT2D eigenvalue weighted by Crippen LogP contribution is 2.27. The summed E-state index contributed by atoms with van der Waals surface area (Å²) in [7, 11) is 0. The Labute approximate surface area is 176 Å². The molecule has 0 aromatic heterocycles. The molecule has 0 saturated carbocycles. The number of carboxylic acid groups (broad SMARTS) is 1. The van der Waals surface area contributed by atoms with Crippen LogP contribution in [0.2, 0.25) is 5.02 Å². The molecule has 0 unspecified atom stereocenters. The van der Waals surface area contributed by atoms with Crippen LogP contribution < -0.4 is 15.1 Å². The zero-order valence-corrected chi connectivity index (χ0v) is 17.7. The number of aromatic carboxylic acids is 1. The second-order valence-electron chi connectivity index (χ2n) is 8.19. The van der Waals surface area contributed by atoms with Crippen molar-refractivity contribution in [2.24, 2.45) is 5.41 Å². The summed E-state index contributed by atoms with van der Waals surface area (Å²) in [5.41, 5.74) is 1.78. The zero-order valence-electron chi connectivity index (χ0n) is 16.9. The Morgan fingerprint density at radius 1 is 0.931 bits per heavy atom. The number of rotatable bonds is 4. The van der Waals surface area contributed by atoms with E-state index in [0.29, 0.717) is 10.7 Å². The Bertz CT molecular complexity index is 899.